The minimum Gasteiger partial charge on any atom is -0.444 e. The molecule has 6 heteroatoms. The van der Waals surface area contributed by atoms with Gasteiger partial charge in [0.15, 0.2) is 0 Å². The number of rotatable bonds is 1. The molecule has 16 heavy (non-hydrogen) atoms. The van der Waals surface area contributed by atoms with E-state index < -0.39 is 23.1 Å². The van der Waals surface area contributed by atoms with E-state index in [1.807, 2.05) is 0 Å². The van der Waals surface area contributed by atoms with Crippen LogP contribution < -0.4 is 11.5 Å². The van der Waals surface area contributed by atoms with Gasteiger partial charge in [-0.1, -0.05) is 0 Å². The smallest absolute Gasteiger partial charge is 0.410 e. The first-order valence-electron chi connectivity index (χ1n) is 5.21. The predicted octanol–water partition coefficient (Wildman–Crippen LogP) is -0.190. The molecule has 1 aliphatic rings. The lowest BCUT2D eigenvalue weighted by atomic mass is 10.00. The molecule has 1 aliphatic heterocycles. The van der Waals surface area contributed by atoms with Gasteiger partial charge < -0.3 is 21.1 Å². The van der Waals surface area contributed by atoms with Crippen LogP contribution in [0.5, 0.6) is 0 Å². The average molecular weight is 229 g/mol. The first-order chi connectivity index (χ1) is 7.14. The van der Waals surface area contributed by atoms with Gasteiger partial charge in [0.05, 0.1) is 6.54 Å². The molecule has 0 aromatic rings. The zero-order valence-corrected chi connectivity index (χ0v) is 9.95. The molecule has 2 amide bonds. The summed E-state index contributed by atoms with van der Waals surface area (Å²) in [5, 5.41) is 0. The summed E-state index contributed by atoms with van der Waals surface area (Å²) in [6.07, 6.45) is -0.0808. The zero-order valence-electron chi connectivity index (χ0n) is 9.95. The fourth-order valence-electron chi connectivity index (χ4n) is 1.52. The van der Waals surface area contributed by atoms with Crippen LogP contribution in [-0.2, 0) is 9.53 Å². The maximum absolute atomic E-state index is 11.7. The third-order valence-corrected chi connectivity index (χ3v) is 2.44. The van der Waals surface area contributed by atoms with Gasteiger partial charge in [-0.2, -0.15) is 0 Å². The number of nitrogens with two attached hydrogens (primary N) is 2. The Kier molecular flexibility index (Phi) is 3.14. The van der Waals surface area contributed by atoms with Gasteiger partial charge in [-0.15, -0.1) is 0 Å². The molecule has 4 N–H and O–H groups in total. The summed E-state index contributed by atoms with van der Waals surface area (Å²) in [5.41, 5.74) is 9.28. The molecule has 1 fully saturated rings. The molecule has 0 spiro atoms. The Labute approximate surface area is 94.9 Å². The summed E-state index contributed by atoms with van der Waals surface area (Å²) < 4.78 is 5.17. The number of likely N-dealkylation sites (tertiary alicyclic amines) is 1. The monoisotopic (exact) mass is 229 g/mol. The summed E-state index contributed by atoms with van der Waals surface area (Å²) >= 11 is 0. The summed E-state index contributed by atoms with van der Waals surface area (Å²) in [6.45, 7) is 5.87. The van der Waals surface area contributed by atoms with Gasteiger partial charge in [-0.3, -0.25) is 4.79 Å². The maximum atomic E-state index is 11.7. The van der Waals surface area contributed by atoms with E-state index in [-0.39, 0.29) is 6.54 Å². The standard InChI is InChI=1S/C10H19N3O3/c1-9(2,3)16-8(15)13-5-4-10(12,6-13)7(11)14/h4-6,12H2,1-3H3,(H2,11,14). The van der Waals surface area contributed by atoms with E-state index in [0.717, 1.165) is 0 Å². The van der Waals surface area contributed by atoms with E-state index in [0.29, 0.717) is 13.0 Å². The van der Waals surface area contributed by atoms with Gasteiger partial charge in [-0.25, -0.2) is 4.79 Å². The lowest BCUT2D eigenvalue weighted by Gasteiger charge is -2.25. The number of hydrogen-bond acceptors (Lipinski definition) is 4. The molecule has 1 rings (SSSR count). The molecule has 0 bridgehead atoms. The van der Waals surface area contributed by atoms with Crippen molar-refractivity contribution in [2.45, 2.75) is 38.3 Å². The largest absolute Gasteiger partial charge is 0.444 e. The van der Waals surface area contributed by atoms with Crippen molar-refractivity contribution in [1.82, 2.24) is 4.90 Å². The minimum atomic E-state index is -1.11. The lowest BCUT2D eigenvalue weighted by molar-refractivity contribution is -0.122. The summed E-state index contributed by atoms with van der Waals surface area (Å²) in [5.74, 6) is -0.585. The first kappa shape index (κ1) is 12.8. The zero-order chi connectivity index (χ0) is 12.6. The molecule has 0 saturated carbocycles. The van der Waals surface area contributed by atoms with Crippen molar-refractivity contribution in [3.05, 3.63) is 0 Å². The fraction of sp³-hybridized carbons (Fsp3) is 0.800. The minimum absolute atomic E-state index is 0.122. The van der Waals surface area contributed by atoms with Crippen LogP contribution in [0.1, 0.15) is 27.2 Å². The molecule has 0 radical (unpaired) electrons. The van der Waals surface area contributed by atoms with Gasteiger partial charge in [0.25, 0.3) is 0 Å². The van der Waals surface area contributed by atoms with Gasteiger partial charge in [0.1, 0.15) is 11.1 Å². The molecular formula is C10H19N3O3. The van der Waals surface area contributed by atoms with Gasteiger partial charge in [0.2, 0.25) is 5.91 Å². The molecule has 0 aromatic carbocycles. The molecule has 0 aliphatic carbocycles. The van der Waals surface area contributed by atoms with Crippen LogP contribution in [0, 0.1) is 0 Å². The van der Waals surface area contributed by atoms with Crippen molar-refractivity contribution in [1.29, 1.82) is 0 Å². The first-order valence-corrected chi connectivity index (χ1v) is 5.21. The Morgan fingerprint density at radius 3 is 2.31 bits per heavy atom. The molecule has 6 nitrogen and oxygen atoms in total. The second-order valence-electron chi connectivity index (χ2n) is 5.17. The number of amides is 2. The van der Waals surface area contributed by atoms with E-state index in [9.17, 15) is 9.59 Å². The molecule has 92 valence electrons. The molecule has 1 unspecified atom stereocenters. The highest BCUT2D eigenvalue weighted by Gasteiger charge is 2.42. The summed E-state index contributed by atoms with van der Waals surface area (Å²) in [6, 6.07) is 0. The third-order valence-electron chi connectivity index (χ3n) is 2.44. The number of ether oxygens (including phenoxy) is 1. The lowest BCUT2D eigenvalue weighted by Crippen LogP contribution is -2.54. The second kappa shape index (κ2) is 3.93. The van der Waals surface area contributed by atoms with Gasteiger partial charge >= 0.3 is 6.09 Å². The topological polar surface area (TPSA) is 98.7 Å². The van der Waals surface area contributed by atoms with Crippen LogP contribution in [0.4, 0.5) is 4.79 Å². The fourth-order valence-corrected chi connectivity index (χ4v) is 1.52. The van der Waals surface area contributed by atoms with Crippen molar-refractivity contribution in [3.8, 4) is 0 Å². The number of carbonyl (C=O) groups excluding carboxylic acids is 2. The number of hydrogen-bond donors (Lipinski definition) is 2. The van der Waals surface area contributed by atoms with Crippen molar-refractivity contribution >= 4 is 12.0 Å². The van der Waals surface area contributed by atoms with E-state index in [1.165, 1.54) is 4.90 Å². The summed E-state index contributed by atoms with van der Waals surface area (Å²) in [4.78, 5) is 24.2. The highest BCUT2D eigenvalue weighted by Crippen LogP contribution is 2.20. The number of nitrogens with zero attached hydrogens (tertiary/aromatic N) is 1. The van der Waals surface area contributed by atoms with Crippen molar-refractivity contribution in [2.24, 2.45) is 11.5 Å². The normalized spacial score (nSPS) is 25.6. The van der Waals surface area contributed by atoms with Crippen LogP contribution in [0.3, 0.4) is 0 Å². The average Bonchev–Trinajstić information content (AvgIpc) is 2.46. The van der Waals surface area contributed by atoms with Crippen molar-refractivity contribution in [2.75, 3.05) is 13.1 Å². The molecule has 1 atom stereocenters. The van der Waals surface area contributed by atoms with Crippen LogP contribution in [0.15, 0.2) is 0 Å². The van der Waals surface area contributed by atoms with Crippen LogP contribution in [0.2, 0.25) is 0 Å². The van der Waals surface area contributed by atoms with Crippen molar-refractivity contribution < 1.29 is 14.3 Å². The highest BCUT2D eigenvalue weighted by molar-refractivity contribution is 5.86. The summed E-state index contributed by atoms with van der Waals surface area (Å²) in [7, 11) is 0. The Hall–Kier alpha value is -1.30. The van der Waals surface area contributed by atoms with Crippen LogP contribution in [-0.4, -0.2) is 41.1 Å². The molecular weight excluding hydrogens is 210 g/mol. The SMILES string of the molecule is CC(C)(C)OC(=O)N1CCC(N)(C(N)=O)C1. The Balaban J connectivity index is 2.60. The van der Waals surface area contributed by atoms with Crippen molar-refractivity contribution in [3.63, 3.8) is 0 Å². The highest BCUT2D eigenvalue weighted by atomic mass is 16.6. The molecule has 0 aromatic heterocycles. The van der Waals surface area contributed by atoms with Gasteiger partial charge in [0, 0.05) is 6.54 Å². The van der Waals surface area contributed by atoms with Crippen LogP contribution in [0.25, 0.3) is 0 Å². The molecule has 1 saturated heterocycles. The number of primary amides is 1. The molecule has 1 heterocycles. The number of carbonyl (C=O) groups is 2. The Morgan fingerprint density at radius 2 is 1.94 bits per heavy atom. The van der Waals surface area contributed by atoms with E-state index >= 15 is 0 Å². The van der Waals surface area contributed by atoms with E-state index in [2.05, 4.69) is 0 Å². The quantitative estimate of drug-likeness (QED) is 0.651. The third kappa shape index (κ3) is 2.85. The predicted molar refractivity (Wildman–Crippen MR) is 58.5 cm³/mol. The van der Waals surface area contributed by atoms with Gasteiger partial charge in [-0.05, 0) is 27.2 Å². The Morgan fingerprint density at radius 1 is 1.38 bits per heavy atom. The second-order valence-corrected chi connectivity index (χ2v) is 5.17. The van der Waals surface area contributed by atoms with E-state index in [1.54, 1.807) is 20.8 Å². The Bertz CT molecular complexity index is 311. The van der Waals surface area contributed by atoms with Crippen LogP contribution >= 0.6 is 0 Å². The van der Waals surface area contributed by atoms with E-state index in [4.69, 9.17) is 16.2 Å². The maximum Gasteiger partial charge on any atom is 0.410 e.